The molecule has 0 aliphatic carbocycles. The maximum absolute atomic E-state index is 10.9. The molecule has 0 unspecified atom stereocenters. The lowest BCUT2D eigenvalue weighted by Crippen LogP contribution is -2.49. The maximum atomic E-state index is 10.9. The molecule has 3 rings (SSSR count). The van der Waals surface area contributed by atoms with Crippen molar-refractivity contribution in [3.63, 3.8) is 0 Å². The van der Waals surface area contributed by atoms with Gasteiger partial charge in [0.2, 0.25) is 0 Å². The van der Waals surface area contributed by atoms with Crippen LogP contribution < -0.4 is 0 Å². The van der Waals surface area contributed by atoms with Crippen LogP contribution in [-0.4, -0.2) is 29.1 Å². The van der Waals surface area contributed by atoms with E-state index < -0.39 is 5.97 Å². The fourth-order valence-corrected chi connectivity index (χ4v) is 3.75. The second-order valence-electron chi connectivity index (χ2n) is 8.07. The molecule has 1 fully saturated rings. The average Bonchev–Trinajstić information content (AvgIpc) is 2.52. The summed E-state index contributed by atoms with van der Waals surface area (Å²) in [7, 11) is 0. The number of aryl methyl sites for hydroxylation is 1. The summed E-state index contributed by atoms with van der Waals surface area (Å²) in [6.07, 6.45) is 0.944. The number of carboxylic acids is 1. The monoisotopic (exact) mass is 371 g/mol. The summed E-state index contributed by atoms with van der Waals surface area (Å²) in [5.41, 5.74) is 4.96. The van der Waals surface area contributed by atoms with E-state index in [0.29, 0.717) is 13.1 Å². The molecule has 138 valence electrons. The molecule has 1 heterocycles. The molecule has 4 heteroatoms. The van der Waals surface area contributed by atoms with Crippen LogP contribution in [0, 0.1) is 12.8 Å². The zero-order chi connectivity index (χ0) is 18.9. The molecule has 0 atom stereocenters. The fraction of sp³-hybridized carbons (Fsp3) is 0.409. The zero-order valence-electron chi connectivity index (χ0n) is 15.6. The van der Waals surface area contributed by atoms with Gasteiger partial charge in [-0.05, 0) is 47.1 Å². The van der Waals surface area contributed by atoms with Gasteiger partial charge in [-0.15, -0.1) is 0 Å². The van der Waals surface area contributed by atoms with Gasteiger partial charge >= 0.3 is 5.97 Å². The number of hydrogen-bond acceptors (Lipinski definition) is 2. The number of carbonyl (C=O) groups is 1. The lowest BCUT2D eigenvalue weighted by Gasteiger charge is -2.36. The van der Waals surface area contributed by atoms with Gasteiger partial charge in [0.15, 0.2) is 0 Å². The number of aliphatic carboxylic acids is 1. The van der Waals surface area contributed by atoms with Gasteiger partial charge in [0.25, 0.3) is 0 Å². The van der Waals surface area contributed by atoms with Crippen molar-refractivity contribution in [1.82, 2.24) is 4.90 Å². The van der Waals surface area contributed by atoms with Gasteiger partial charge in [-0.1, -0.05) is 61.8 Å². The first-order chi connectivity index (χ1) is 12.2. The van der Waals surface area contributed by atoms with Crippen LogP contribution in [0.1, 0.15) is 36.1 Å². The summed E-state index contributed by atoms with van der Waals surface area (Å²) in [5, 5.41) is 9.80. The highest BCUT2D eigenvalue weighted by atomic mass is 35.5. The van der Waals surface area contributed by atoms with Crippen LogP contribution >= 0.6 is 11.6 Å². The predicted octanol–water partition coefficient (Wildman–Crippen LogP) is 4.69. The van der Waals surface area contributed by atoms with Crippen LogP contribution in [0.3, 0.4) is 0 Å². The van der Waals surface area contributed by atoms with Crippen LogP contribution in [0.4, 0.5) is 0 Å². The molecule has 0 aromatic heterocycles. The molecule has 0 bridgehead atoms. The molecule has 1 N–H and O–H groups in total. The van der Waals surface area contributed by atoms with E-state index in [4.69, 9.17) is 16.7 Å². The maximum Gasteiger partial charge on any atom is 0.309 e. The molecule has 0 saturated carbocycles. The van der Waals surface area contributed by atoms with Crippen LogP contribution in [0.15, 0.2) is 42.5 Å². The first kappa shape index (κ1) is 18.9. The molecular weight excluding hydrogens is 346 g/mol. The van der Waals surface area contributed by atoms with Crippen LogP contribution in [0.5, 0.6) is 0 Å². The summed E-state index contributed by atoms with van der Waals surface area (Å²) in [6, 6.07) is 14.9. The Balaban J connectivity index is 1.68. The molecule has 0 radical (unpaired) electrons. The Kier molecular flexibility index (Phi) is 5.40. The van der Waals surface area contributed by atoms with Crippen molar-refractivity contribution in [3.8, 4) is 0 Å². The van der Waals surface area contributed by atoms with Crippen molar-refractivity contribution in [2.24, 2.45) is 5.92 Å². The minimum absolute atomic E-state index is 0.0130. The topological polar surface area (TPSA) is 40.5 Å². The number of rotatable bonds is 6. The molecule has 1 aliphatic heterocycles. The molecule has 2 aromatic carbocycles. The second-order valence-corrected chi connectivity index (χ2v) is 8.48. The number of nitrogens with zero attached hydrogens (tertiary/aromatic N) is 1. The molecule has 0 spiro atoms. The summed E-state index contributed by atoms with van der Waals surface area (Å²) in [4.78, 5) is 13.1. The van der Waals surface area contributed by atoms with E-state index in [2.05, 4.69) is 55.1 Å². The van der Waals surface area contributed by atoms with Crippen molar-refractivity contribution < 1.29 is 9.90 Å². The van der Waals surface area contributed by atoms with Crippen LogP contribution in [0.2, 0.25) is 5.02 Å². The Bertz CT molecular complexity index is 810. The molecule has 0 amide bonds. The fourth-order valence-electron chi connectivity index (χ4n) is 3.63. The summed E-state index contributed by atoms with van der Waals surface area (Å²) < 4.78 is 0. The van der Waals surface area contributed by atoms with Gasteiger partial charge in [0.1, 0.15) is 0 Å². The number of benzene rings is 2. The Morgan fingerprint density at radius 3 is 2.54 bits per heavy atom. The first-order valence-electron chi connectivity index (χ1n) is 9.04. The van der Waals surface area contributed by atoms with Crippen molar-refractivity contribution in [2.45, 2.75) is 39.2 Å². The van der Waals surface area contributed by atoms with Gasteiger partial charge < -0.3 is 5.11 Å². The number of hydrogen-bond donors (Lipinski definition) is 1. The molecule has 26 heavy (non-hydrogen) atoms. The Labute approximate surface area is 160 Å². The molecule has 1 aliphatic rings. The Hall–Kier alpha value is -1.84. The average molecular weight is 372 g/mol. The van der Waals surface area contributed by atoms with E-state index in [1.807, 2.05) is 13.0 Å². The van der Waals surface area contributed by atoms with E-state index >= 15 is 0 Å². The lowest BCUT2D eigenvalue weighted by atomic mass is 9.78. The van der Waals surface area contributed by atoms with Gasteiger partial charge in [-0.25, -0.2) is 0 Å². The number of halogens is 1. The third kappa shape index (κ3) is 4.28. The van der Waals surface area contributed by atoms with E-state index in [0.717, 1.165) is 23.6 Å². The van der Waals surface area contributed by atoms with Crippen molar-refractivity contribution in [3.05, 3.63) is 69.7 Å². The highest BCUT2D eigenvalue weighted by molar-refractivity contribution is 6.31. The molecule has 1 saturated heterocycles. The molecule has 2 aromatic rings. The van der Waals surface area contributed by atoms with Crippen molar-refractivity contribution in [1.29, 1.82) is 0 Å². The Morgan fingerprint density at radius 2 is 1.88 bits per heavy atom. The van der Waals surface area contributed by atoms with Gasteiger partial charge in [-0.2, -0.15) is 0 Å². The zero-order valence-corrected chi connectivity index (χ0v) is 16.4. The molecule has 3 nitrogen and oxygen atoms in total. The minimum Gasteiger partial charge on any atom is -0.481 e. The highest BCUT2D eigenvalue weighted by Crippen LogP contribution is 2.31. The minimum atomic E-state index is -0.685. The lowest BCUT2D eigenvalue weighted by molar-refractivity contribution is -0.147. The van der Waals surface area contributed by atoms with E-state index in [-0.39, 0.29) is 11.3 Å². The first-order valence-corrected chi connectivity index (χ1v) is 9.42. The van der Waals surface area contributed by atoms with Crippen molar-refractivity contribution in [2.75, 3.05) is 13.1 Å². The summed E-state index contributed by atoms with van der Waals surface area (Å²) in [5.74, 6) is -0.889. The van der Waals surface area contributed by atoms with E-state index in [9.17, 15) is 4.79 Å². The van der Waals surface area contributed by atoms with Gasteiger partial charge in [0, 0.05) is 24.7 Å². The summed E-state index contributed by atoms with van der Waals surface area (Å²) in [6.45, 7) is 8.67. The normalized spacial score (nSPS) is 15.7. The quantitative estimate of drug-likeness (QED) is 0.801. The largest absolute Gasteiger partial charge is 0.481 e. The summed E-state index contributed by atoms with van der Waals surface area (Å²) >= 11 is 6.17. The van der Waals surface area contributed by atoms with Gasteiger partial charge in [0.05, 0.1) is 5.92 Å². The van der Waals surface area contributed by atoms with Crippen molar-refractivity contribution >= 4 is 17.6 Å². The van der Waals surface area contributed by atoms with E-state index in [1.165, 1.54) is 16.7 Å². The molecular formula is C22H26ClNO2. The van der Waals surface area contributed by atoms with E-state index in [1.54, 1.807) is 0 Å². The SMILES string of the molecule is Cc1cc(C(C)(C)Cc2cccc(CN3CC(C(=O)O)C3)c2)ccc1Cl. The van der Waals surface area contributed by atoms with Crippen LogP contribution in [0.25, 0.3) is 0 Å². The Morgan fingerprint density at radius 1 is 1.19 bits per heavy atom. The number of carboxylic acid groups (broad SMARTS) is 1. The predicted molar refractivity (Wildman–Crippen MR) is 106 cm³/mol. The van der Waals surface area contributed by atoms with Gasteiger partial charge in [-0.3, -0.25) is 9.69 Å². The second kappa shape index (κ2) is 7.42. The van der Waals surface area contributed by atoms with Crippen LogP contribution in [-0.2, 0) is 23.2 Å². The standard InChI is InChI=1S/C22H26ClNO2/c1-15-9-19(7-8-20(15)23)22(2,3)11-16-5-4-6-17(10-16)12-24-13-18(14-24)21(25)26/h4-10,18H,11-14H2,1-3H3,(H,25,26). The smallest absolute Gasteiger partial charge is 0.309 e. The third-order valence-corrected chi connectivity index (χ3v) is 5.71. The highest BCUT2D eigenvalue weighted by Gasteiger charge is 2.32. The third-order valence-electron chi connectivity index (χ3n) is 5.29. The number of likely N-dealkylation sites (tertiary alicyclic amines) is 1.